The van der Waals surface area contributed by atoms with Crippen LogP contribution in [0.5, 0.6) is 0 Å². The van der Waals surface area contributed by atoms with Gasteiger partial charge in [-0.1, -0.05) is 36.4 Å². The molecule has 5 heteroatoms. The first-order valence-corrected chi connectivity index (χ1v) is 10.2. The van der Waals surface area contributed by atoms with Crippen LogP contribution in [-0.2, 0) is 13.0 Å². The summed E-state index contributed by atoms with van der Waals surface area (Å²) in [6, 6.07) is 18.3. The SMILES string of the molecule is O=C(c1cc(NCc2cccnc2)ccn1)N1CCC(Cc2ccccc2)CC1. The van der Waals surface area contributed by atoms with Crippen molar-refractivity contribution < 1.29 is 4.79 Å². The molecule has 0 saturated carbocycles. The van der Waals surface area contributed by atoms with Crippen molar-refractivity contribution in [2.45, 2.75) is 25.8 Å². The van der Waals surface area contributed by atoms with Gasteiger partial charge >= 0.3 is 0 Å². The Kier molecular flexibility index (Phi) is 6.15. The normalized spacial score (nSPS) is 14.6. The zero-order valence-corrected chi connectivity index (χ0v) is 16.5. The molecule has 1 amide bonds. The van der Waals surface area contributed by atoms with Gasteiger partial charge in [-0.2, -0.15) is 0 Å². The summed E-state index contributed by atoms with van der Waals surface area (Å²) in [6.07, 6.45) is 8.46. The first-order chi connectivity index (χ1) is 14.3. The lowest BCUT2D eigenvalue weighted by Crippen LogP contribution is -2.39. The molecule has 3 aromatic rings. The van der Waals surface area contributed by atoms with Crippen molar-refractivity contribution >= 4 is 11.6 Å². The number of hydrogen-bond acceptors (Lipinski definition) is 4. The van der Waals surface area contributed by atoms with Crippen LogP contribution >= 0.6 is 0 Å². The Morgan fingerprint density at radius 1 is 1.00 bits per heavy atom. The predicted octanol–water partition coefficient (Wildman–Crippen LogP) is 4.18. The Morgan fingerprint density at radius 3 is 2.55 bits per heavy atom. The summed E-state index contributed by atoms with van der Waals surface area (Å²) in [7, 11) is 0. The molecule has 0 atom stereocenters. The van der Waals surface area contributed by atoms with Gasteiger partial charge in [-0.15, -0.1) is 0 Å². The highest BCUT2D eigenvalue weighted by atomic mass is 16.2. The lowest BCUT2D eigenvalue weighted by Gasteiger charge is -2.32. The fourth-order valence-electron chi connectivity index (χ4n) is 3.81. The second kappa shape index (κ2) is 9.32. The van der Waals surface area contributed by atoms with Gasteiger partial charge in [-0.3, -0.25) is 14.8 Å². The summed E-state index contributed by atoms with van der Waals surface area (Å²) in [6.45, 7) is 2.26. The average molecular weight is 386 g/mol. The number of nitrogens with zero attached hydrogens (tertiary/aromatic N) is 3. The molecule has 148 valence electrons. The predicted molar refractivity (Wildman–Crippen MR) is 115 cm³/mol. The Balaban J connectivity index is 1.31. The van der Waals surface area contributed by atoms with Crippen LogP contribution in [0, 0.1) is 5.92 Å². The van der Waals surface area contributed by atoms with Gasteiger partial charge in [-0.05, 0) is 54.5 Å². The van der Waals surface area contributed by atoms with E-state index >= 15 is 0 Å². The molecule has 1 N–H and O–H groups in total. The number of carbonyl (C=O) groups excluding carboxylic acids is 1. The molecular formula is C24H26N4O. The molecule has 0 bridgehead atoms. The minimum Gasteiger partial charge on any atom is -0.381 e. The van der Waals surface area contributed by atoms with E-state index in [4.69, 9.17) is 0 Å². The topological polar surface area (TPSA) is 58.1 Å². The van der Waals surface area contributed by atoms with Crippen molar-refractivity contribution in [3.63, 3.8) is 0 Å². The molecule has 1 fully saturated rings. The van der Waals surface area contributed by atoms with E-state index in [1.54, 1.807) is 12.4 Å². The Morgan fingerprint density at radius 2 is 1.79 bits per heavy atom. The number of benzene rings is 1. The third-order valence-electron chi connectivity index (χ3n) is 5.47. The van der Waals surface area contributed by atoms with E-state index in [9.17, 15) is 4.79 Å². The monoisotopic (exact) mass is 386 g/mol. The molecule has 1 saturated heterocycles. The van der Waals surface area contributed by atoms with Crippen LogP contribution in [0.3, 0.4) is 0 Å². The molecule has 0 unspecified atom stereocenters. The Bertz CT molecular complexity index is 922. The highest BCUT2D eigenvalue weighted by Gasteiger charge is 2.24. The first-order valence-electron chi connectivity index (χ1n) is 10.2. The number of anilines is 1. The number of aromatic nitrogens is 2. The number of carbonyl (C=O) groups is 1. The minimum absolute atomic E-state index is 0.0215. The van der Waals surface area contributed by atoms with E-state index in [0.29, 0.717) is 18.2 Å². The summed E-state index contributed by atoms with van der Waals surface area (Å²) in [4.78, 5) is 23.3. The molecule has 1 aliphatic rings. The molecule has 0 radical (unpaired) electrons. The van der Waals surface area contributed by atoms with Crippen molar-refractivity contribution in [3.8, 4) is 0 Å². The molecule has 0 spiro atoms. The van der Waals surface area contributed by atoms with Crippen LogP contribution in [0.4, 0.5) is 5.69 Å². The Labute approximate surface area is 171 Å². The summed E-state index contributed by atoms with van der Waals surface area (Å²) < 4.78 is 0. The quantitative estimate of drug-likeness (QED) is 0.690. The average Bonchev–Trinajstić information content (AvgIpc) is 2.79. The summed E-state index contributed by atoms with van der Waals surface area (Å²) >= 11 is 0. The highest BCUT2D eigenvalue weighted by Crippen LogP contribution is 2.23. The molecule has 0 aliphatic carbocycles. The van der Waals surface area contributed by atoms with Gasteiger partial charge in [0.05, 0.1) is 0 Å². The number of hydrogen-bond donors (Lipinski definition) is 1. The smallest absolute Gasteiger partial charge is 0.272 e. The van der Waals surface area contributed by atoms with Crippen LogP contribution in [0.15, 0.2) is 73.2 Å². The highest BCUT2D eigenvalue weighted by molar-refractivity contribution is 5.93. The maximum atomic E-state index is 12.9. The molecule has 2 aromatic heterocycles. The molecule has 4 rings (SSSR count). The van der Waals surface area contributed by atoms with E-state index in [0.717, 1.165) is 43.6 Å². The van der Waals surface area contributed by atoms with Crippen LogP contribution < -0.4 is 5.32 Å². The van der Waals surface area contributed by atoms with Gasteiger partial charge in [0.2, 0.25) is 0 Å². The fraction of sp³-hybridized carbons (Fsp3) is 0.292. The lowest BCUT2D eigenvalue weighted by atomic mass is 9.90. The second-order valence-electron chi connectivity index (χ2n) is 7.57. The van der Waals surface area contributed by atoms with E-state index in [1.807, 2.05) is 35.4 Å². The number of piperidine rings is 1. The third kappa shape index (κ3) is 5.19. The van der Waals surface area contributed by atoms with Gasteiger partial charge in [0, 0.05) is 43.9 Å². The number of nitrogens with one attached hydrogen (secondary N) is 1. The van der Waals surface area contributed by atoms with E-state index in [-0.39, 0.29) is 5.91 Å². The number of amides is 1. The van der Waals surface area contributed by atoms with E-state index in [2.05, 4.69) is 45.6 Å². The van der Waals surface area contributed by atoms with Gasteiger partial charge in [0.15, 0.2) is 0 Å². The van der Waals surface area contributed by atoms with Crippen molar-refractivity contribution in [2.75, 3.05) is 18.4 Å². The van der Waals surface area contributed by atoms with Gasteiger partial charge in [0.25, 0.3) is 5.91 Å². The number of rotatable bonds is 6. The maximum absolute atomic E-state index is 12.9. The zero-order valence-electron chi connectivity index (χ0n) is 16.5. The first kappa shape index (κ1) is 19.1. The zero-order chi connectivity index (χ0) is 19.9. The molecular weight excluding hydrogens is 360 g/mol. The third-order valence-corrected chi connectivity index (χ3v) is 5.47. The van der Waals surface area contributed by atoms with E-state index < -0.39 is 0 Å². The van der Waals surface area contributed by atoms with Crippen LogP contribution in [0.2, 0.25) is 0 Å². The maximum Gasteiger partial charge on any atom is 0.272 e. The summed E-state index contributed by atoms with van der Waals surface area (Å²) in [5.74, 6) is 0.662. The Hall–Kier alpha value is -3.21. The standard InChI is InChI=1S/C24H26N4O/c29-24(28-13-9-20(10-14-28)15-19-5-2-1-3-6-19)23-16-22(8-12-26-23)27-18-21-7-4-11-25-17-21/h1-8,11-12,16-17,20H,9-10,13-15,18H2,(H,26,27). The summed E-state index contributed by atoms with van der Waals surface area (Å²) in [5.41, 5.74) is 3.87. The molecule has 1 aliphatic heterocycles. The van der Waals surface area contributed by atoms with Gasteiger partial charge in [0.1, 0.15) is 5.69 Å². The summed E-state index contributed by atoms with van der Waals surface area (Å²) in [5, 5.41) is 3.34. The minimum atomic E-state index is 0.0215. The second-order valence-corrected chi connectivity index (χ2v) is 7.57. The van der Waals surface area contributed by atoms with Crippen molar-refractivity contribution in [3.05, 3.63) is 90.0 Å². The fourth-order valence-corrected chi connectivity index (χ4v) is 3.81. The van der Waals surface area contributed by atoms with E-state index in [1.165, 1.54) is 5.56 Å². The van der Waals surface area contributed by atoms with Crippen molar-refractivity contribution in [1.29, 1.82) is 0 Å². The molecule has 5 nitrogen and oxygen atoms in total. The van der Waals surface area contributed by atoms with Crippen molar-refractivity contribution in [2.24, 2.45) is 5.92 Å². The number of pyridine rings is 2. The van der Waals surface area contributed by atoms with Crippen LogP contribution in [-0.4, -0.2) is 33.9 Å². The van der Waals surface area contributed by atoms with Crippen LogP contribution in [0.1, 0.15) is 34.5 Å². The van der Waals surface area contributed by atoms with Crippen molar-refractivity contribution in [1.82, 2.24) is 14.9 Å². The largest absolute Gasteiger partial charge is 0.381 e. The number of likely N-dealkylation sites (tertiary alicyclic amines) is 1. The van der Waals surface area contributed by atoms with Gasteiger partial charge < -0.3 is 10.2 Å². The van der Waals surface area contributed by atoms with Crippen LogP contribution in [0.25, 0.3) is 0 Å². The molecule has 3 heterocycles. The molecule has 29 heavy (non-hydrogen) atoms. The lowest BCUT2D eigenvalue weighted by molar-refractivity contribution is 0.0684. The van der Waals surface area contributed by atoms with Gasteiger partial charge in [-0.25, -0.2) is 0 Å². The molecule has 1 aromatic carbocycles.